The average Bonchev–Trinajstić information content (AvgIpc) is 2.70. The monoisotopic (exact) mass is 370 g/mol. The molecule has 7 nitrogen and oxygen atoms in total. The van der Waals surface area contributed by atoms with Crippen molar-refractivity contribution < 1.29 is 14.3 Å². The first-order valence-electron chi connectivity index (χ1n) is 8.87. The van der Waals surface area contributed by atoms with E-state index in [9.17, 15) is 9.59 Å². The second kappa shape index (κ2) is 10.2. The molecular weight excluding hydrogens is 344 g/mol. The Morgan fingerprint density at radius 3 is 2.15 bits per heavy atom. The average molecular weight is 370 g/mol. The lowest BCUT2D eigenvalue weighted by atomic mass is 10.00. The van der Waals surface area contributed by atoms with Gasteiger partial charge in [-0.15, -0.1) is 0 Å². The number of benzene rings is 1. The van der Waals surface area contributed by atoms with Gasteiger partial charge in [0.05, 0.1) is 13.2 Å². The van der Waals surface area contributed by atoms with Crippen LogP contribution >= 0.6 is 0 Å². The Kier molecular flexibility index (Phi) is 7.61. The fraction of sp³-hybridized carbons (Fsp3) is 0.350. The number of methoxy groups -OCH3 is 1. The summed E-state index contributed by atoms with van der Waals surface area (Å²) in [5, 5.41) is 8.49. The molecular formula is C20H26N4O3. The summed E-state index contributed by atoms with van der Waals surface area (Å²) in [5.41, 5.74) is 1.84. The van der Waals surface area contributed by atoms with Crippen LogP contribution in [0.15, 0.2) is 48.8 Å². The second-order valence-corrected chi connectivity index (χ2v) is 6.33. The van der Waals surface area contributed by atoms with E-state index >= 15 is 0 Å². The van der Waals surface area contributed by atoms with Gasteiger partial charge in [-0.05, 0) is 35.4 Å². The predicted octanol–water partition coefficient (Wildman–Crippen LogP) is 2.25. The molecule has 0 unspecified atom stereocenters. The number of nitrogens with zero attached hydrogens (tertiary/aromatic N) is 1. The Morgan fingerprint density at radius 2 is 1.56 bits per heavy atom. The van der Waals surface area contributed by atoms with Gasteiger partial charge in [0.15, 0.2) is 0 Å². The summed E-state index contributed by atoms with van der Waals surface area (Å²) in [5.74, 6) is 0.632. The van der Waals surface area contributed by atoms with Gasteiger partial charge >= 0.3 is 6.03 Å². The number of pyridine rings is 1. The minimum Gasteiger partial charge on any atom is -0.497 e. The SMILES string of the molecule is COc1ccc([C@H](NC(=O)NCCNC(=O)C(C)C)c2ccncc2)cc1. The number of urea groups is 1. The molecule has 0 spiro atoms. The van der Waals surface area contributed by atoms with Crippen LogP contribution in [0.5, 0.6) is 5.75 Å². The molecule has 0 radical (unpaired) electrons. The third-order valence-electron chi connectivity index (χ3n) is 4.00. The van der Waals surface area contributed by atoms with Crippen molar-refractivity contribution in [1.29, 1.82) is 0 Å². The zero-order valence-electron chi connectivity index (χ0n) is 15.9. The van der Waals surface area contributed by atoms with Crippen LogP contribution < -0.4 is 20.7 Å². The molecule has 1 atom stereocenters. The Bertz CT molecular complexity index is 733. The highest BCUT2D eigenvalue weighted by Gasteiger charge is 2.17. The molecule has 7 heteroatoms. The van der Waals surface area contributed by atoms with Crippen molar-refractivity contribution in [1.82, 2.24) is 20.9 Å². The predicted molar refractivity (Wildman–Crippen MR) is 103 cm³/mol. The van der Waals surface area contributed by atoms with Gasteiger partial charge in [0.25, 0.3) is 0 Å². The molecule has 144 valence electrons. The molecule has 1 heterocycles. The van der Waals surface area contributed by atoms with E-state index in [1.807, 2.05) is 50.2 Å². The zero-order chi connectivity index (χ0) is 19.6. The molecule has 1 aromatic heterocycles. The first-order valence-corrected chi connectivity index (χ1v) is 8.87. The maximum atomic E-state index is 12.3. The fourth-order valence-electron chi connectivity index (χ4n) is 2.46. The van der Waals surface area contributed by atoms with Crippen LogP contribution in [-0.4, -0.2) is 37.1 Å². The third-order valence-corrected chi connectivity index (χ3v) is 4.00. The molecule has 3 amide bonds. The van der Waals surface area contributed by atoms with Gasteiger partial charge in [0, 0.05) is 31.4 Å². The number of hydrogen-bond acceptors (Lipinski definition) is 4. The number of rotatable bonds is 8. The summed E-state index contributed by atoms with van der Waals surface area (Å²) in [6, 6.07) is 10.6. The highest BCUT2D eigenvalue weighted by atomic mass is 16.5. The maximum absolute atomic E-state index is 12.3. The lowest BCUT2D eigenvalue weighted by molar-refractivity contribution is -0.123. The Labute approximate surface area is 159 Å². The number of amides is 3. The van der Waals surface area contributed by atoms with Crippen LogP contribution in [-0.2, 0) is 4.79 Å². The first-order chi connectivity index (χ1) is 13.0. The van der Waals surface area contributed by atoms with Crippen molar-refractivity contribution >= 4 is 11.9 Å². The highest BCUT2D eigenvalue weighted by molar-refractivity contribution is 5.78. The van der Waals surface area contributed by atoms with Gasteiger partial charge < -0.3 is 20.7 Å². The number of aromatic nitrogens is 1. The Hall–Kier alpha value is -3.09. The molecule has 3 N–H and O–H groups in total. The van der Waals surface area contributed by atoms with Crippen molar-refractivity contribution in [2.45, 2.75) is 19.9 Å². The molecule has 0 aliphatic rings. The van der Waals surface area contributed by atoms with Gasteiger partial charge in [-0.3, -0.25) is 9.78 Å². The van der Waals surface area contributed by atoms with E-state index in [0.717, 1.165) is 16.9 Å². The van der Waals surface area contributed by atoms with Crippen LogP contribution in [0.25, 0.3) is 0 Å². The summed E-state index contributed by atoms with van der Waals surface area (Å²) < 4.78 is 5.19. The number of carbonyl (C=O) groups excluding carboxylic acids is 2. The summed E-state index contributed by atoms with van der Waals surface area (Å²) >= 11 is 0. The van der Waals surface area contributed by atoms with Crippen LogP contribution in [0, 0.1) is 5.92 Å². The van der Waals surface area contributed by atoms with Crippen molar-refractivity contribution in [3.8, 4) is 5.75 Å². The van der Waals surface area contributed by atoms with Crippen LogP contribution in [0.4, 0.5) is 4.79 Å². The topological polar surface area (TPSA) is 92.4 Å². The number of carbonyl (C=O) groups is 2. The van der Waals surface area contributed by atoms with Gasteiger partial charge in [0.2, 0.25) is 5.91 Å². The van der Waals surface area contributed by atoms with E-state index in [0.29, 0.717) is 13.1 Å². The van der Waals surface area contributed by atoms with Gasteiger partial charge in [-0.1, -0.05) is 26.0 Å². The fourth-order valence-corrected chi connectivity index (χ4v) is 2.46. The van der Waals surface area contributed by atoms with Crippen molar-refractivity contribution in [2.75, 3.05) is 20.2 Å². The summed E-state index contributed by atoms with van der Waals surface area (Å²) in [7, 11) is 1.61. The third kappa shape index (κ3) is 6.29. The van der Waals surface area contributed by atoms with Crippen LogP contribution in [0.2, 0.25) is 0 Å². The summed E-state index contributed by atoms with van der Waals surface area (Å²) in [6.07, 6.45) is 3.37. The summed E-state index contributed by atoms with van der Waals surface area (Å²) in [4.78, 5) is 27.9. The molecule has 0 saturated carbocycles. The molecule has 2 aromatic rings. The van der Waals surface area contributed by atoms with Gasteiger partial charge in [0.1, 0.15) is 5.75 Å². The summed E-state index contributed by atoms with van der Waals surface area (Å²) in [6.45, 7) is 4.37. The highest BCUT2D eigenvalue weighted by Crippen LogP contribution is 2.23. The van der Waals surface area contributed by atoms with Crippen molar-refractivity contribution in [3.63, 3.8) is 0 Å². The minimum absolute atomic E-state index is 0.0369. The van der Waals surface area contributed by atoms with Crippen LogP contribution in [0.3, 0.4) is 0 Å². The maximum Gasteiger partial charge on any atom is 0.315 e. The van der Waals surface area contributed by atoms with E-state index < -0.39 is 0 Å². The molecule has 27 heavy (non-hydrogen) atoms. The number of ether oxygens (including phenoxy) is 1. The van der Waals surface area contributed by atoms with E-state index in [-0.39, 0.29) is 23.9 Å². The lowest BCUT2D eigenvalue weighted by Crippen LogP contribution is -2.42. The minimum atomic E-state index is -0.329. The largest absolute Gasteiger partial charge is 0.497 e. The Morgan fingerprint density at radius 1 is 0.963 bits per heavy atom. The standard InChI is InChI=1S/C20H26N4O3/c1-14(2)19(25)22-12-13-23-20(26)24-18(16-8-10-21-11-9-16)15-4-6-17(27-3)7-5-15/h4-11,14,18H,12-13H2,1-3H3,(H,22,25)(H2,23,24,26)/t18-/m0/s1. The van der Waals surface area contributed by atoms with Gasteiger partial charge in [-0.25, -0.2) is 4.79 Å². The lowest BCUT2D eigenvalue weighted by Gasteiger charge is -2.20. The molecule has 0 saturated heterocycles. The molecule has 0 bridgehead atoms. The normalized spacial score (nSPS) is 11.6. The molecule has 2 rings (SSSR count). The second-order valence-electron chi connectivity index (χ2n) is 6.33. The Balaban J connectivity index is 1.99. The van der Waals surface area contributed by atoms with E-state index in [4.69, 9.17) is 4.74 Å². The first kappa shape index (κ1) is 20.2. The van der Waals surface area contributed by atoms with E-state index in [1.54, 1.807) is 19.5 Å². The van der Waals surface area contributed by atoms with Crippen molar-refractivity contribution in [2.24, 2.45) is 5.92 Å². The molecule has 0 fully saturated rings. The van der Waals surface area contributed by atoms with E-state index in [1.165, 1.54) is 0 Å². The zero-order valence-corrected chi connectivity index (χ0v) is 15.9. The van der Waals surface area contributed by atoms with E-state index in [2.05, 4.69) is 20.9 Å². The number of nitrogens with one attached hydrogen (secondary N) is 3. The smallest absolute Gasteiger partial charge is 0.315 e. The quantitative estimate of drug-likeness (QED) is 0.622. The molecule has 0 aliphatic carbocycles. The van der Waals surface area contributed by atoms with Gasteiger partial charge in [-0.2, -0.15) is 0 Å². The molecule has 0 aliphatic heterocycles. The van der Waals surface area contributed by atoms with Crippen LogP contribution in [0.1, 0.15) is 31.0 Å². The number of hydrogen-bond donors (Lipinski definition) is 3. The van der Waals surface area contributed by atoms with Crippen molar-refractivity contribution in [3.05, 3.63) is 59.9 Å². The molecule has 1 aromatic carbocycles.